The smallest absolute Gasteiger partial charge is 0.119 e. The van der Waals surface area contributed by atoms with Crippen molar-refractivity contribution in [1.29, 1.82) is 0 Å². The summed E-state index contributed by atoms with van der Waals surface area (Å²) in [6, 6.07) is 17.8. The summed E-state index contributed by atoms with van der Waals surface area (Å²) in [5, 5.41) is 11.6. The number of rotatable bonds is 4. The molecular formula is C23H29NO2. The summed E-state index contributed by atoms with van der Waals surface area (Å²) in [4.78, 5) is 2.64. The van der Waals surface area contributed by atoms with E-state index in [0.717, 1.165) is 36.3 Å². The highest BCUT2D eigenvalue weighted by molar-refractivity contribution is 5.37. The summed E-state index contributed by atoms with van der Waals surface area (Å²) in [7, 11) is 1.69. The predicted octanol–water partition coefficient (Wildman–Crippen LogP) is 4.41. The minimum Gasteiger partial charge on any atom is -0.497 e. The van der Waals surface area contributed by atoms with Gasteiger partial charge in [-0.05, 0) is 61.4 Å². The highest BCUT2D eigenvalue weighted by atomic mass is 16.5. The van der Waals surface area contributed by atoms with E-state index in [1.165, 1.54) is 24.8 Å². The maximum atomic E-state index is 11.6. The fourth-order valence-corrected chi connectivity index (χ4v) is 4.94. The molecule has 1 N–H and O–H groups in total. The Morgan fingerprint density at radius 3 is 2.42 bits per heavy atom. The highest BCUT2D eigenvalue weighted by Crippen LogP contribution is 2.45. The van der Waals surface area contributed by atoms with E-state index in [4.69, 9.17) is 4.74 Å². The Hall–Kier alpha value is -1.84. The minimum atomic E-state index is -0.748. The zero-order valence-electron chi connectivity index (χ0n) is 15.8. The summed E-state index contributed by atoms with van der Waals surface area (Å²) in [5.74, 6) is 0.838. The molecule has 2 aromatic carbocycles. The van der Waals surface area contributed by atoms with Crippen LogP contribution in [-0.4, -0.2) is 29.2 Å². The second kappa shape index (κ2) is 7.05. The third-order valence-corrected chi connectivity index (χ3v) is 6.19. The van der Waals surface area contributed by atoms with Crippen LogP contribution in [0.1, 0.15) is 48.8 Å². The van der Waals surface area contributed by atoms with Crippen LogP contribution in [0.5, 0.6) is 5.75 Å². The molecule has 4 rings (SSSR count). The van der Waals surface area contributed by atoms with E-state index in [9.17, 15) is 5.11 Å². The van der Waals surface area contributed by atoms with Gasteiger partial charge in [-0.25, -0.2) is 0 Å². The zero-order valence-corrected chi connectivity index (χ0v) is 15.8. The maximum absolute atomic E-state index is 11.6. The molecule has 2 unspecified atom stereocenters. The molecule has 0 aromatic heterocycles. The van der Waals surface area contributed by atoms with Crippen LogP contribution in [0.25, 0.3) is 0 Å². The first-order valence-corrected chi connectivity index (χ1v) is 9.75. The molecule has 0 aliphatic carbocycles. The molecule has 26 heavy (non-hydrogen) atoms. The average molecular weight is 351 g/mol. The Labute approximate surface area is 156 Å². The third kappa shape index (κ3) is 3.38. The van der Waals surface area contributed by atoms with Crippen molar-refractivity contribution < 1.29 is 9.84 Å². The molecule has 2 atom stereocenters. The number of methoxy groups -OCH3 is 1. The lowest BCUT2D eigenvalue weighted by molar-refractivity contribution is -0.1000. The van der Waals surface area contributed by atoms with Crippen LogP contribution in [-0.2, 0) is 12.1 Å². The molecule has 0 radical (unpaired) electrons. The molecule has 2 aromatic rings. The molecule has 2 fully saturated rings. The Balaban J connectivity index is 1.60. The van der Waals surface area contributed by atoms with Crippen LogP contribution >= 0.6 is 0 Å². The van der Waals surface area contributed by atoms with Crippen molar-refractivity contribution in [2.24, 2.45) is 0 Å². The van der Waals surface area contributed by atoms with Crippen molar-refractivity contribution in [2.75, 3.05) is 7.11 Å². The zero-order chi connectivity index (χ0) is 18.1. The van der Waals surface area contributed by atoms with Gasteiger partial charge < -0.3 is 9.84 Å². The molecule has 2 aliphatic heterocycles. The van der Waals surface area contributed by atoms with E-state index in [2.05, 4.69) is 48.2 Å². The fraction of sp³-hybridized carbons (Fsp3) is 0.478. The van der Waals surface area contributed by atoms with E-state index in [0.29, 0.717) is 12.1 Å². The number of hydrogen-bond donors (Lipinski definition) is 1. The van der Waals surface area contributed by atoms with E-state index in [1.807, 2.05) is 12.1 Å². The van der Waals surface area contributed by atoms with Gasteiger partial charge in [0, 0.05) is 18.6 Å². The van der Waals surface area contributed by atoms with Crippen LogP contribution in [0.2, 0.25) is 0 Å². The van der Waals surface area contributed by atoms with E-state index >= 15 is 0 Å². The summed E-state index contributed by atoms with van der Waals surface area (Å²) in [6.07, 6.45) is 5.24. The van der Waals surface area contributed by atoms with Crippen molar-refractivity contribution in [3.63, 3.8) is 0 Å². The number of aliphatic hydroxyl groups is 1. The normalized spacial score (nSPS) is 28.7. The minimum absolute atomic E-state index is 0.444. The number of ether oxygens (including phenoxy) is 1. The number of nitrogens with zero attached hydrogens (tertiary/aromatic N) is 1. The Bertz CT molecular complexity index is 744. The monoisotopic (exact) mass is 351 g/mol. The topological polar surface area (TPSA) is 32.7 Å². The summed E-state index contributed by atoms with van der Waals surface area (Å²) in [5.41, 5.74) is 2.78. The number of fused-ring (bicyclic) bond motifs is 2. The van der Waals surface area contributed by atoms with Gasteiger partial charge in [0.05, 0.1) is 12.7 Å². The molecule has 0 spiro atoms. The van der Waals surface area contributed by atoms with Gasteiger partial charge in [0.25, 0.3) is 0 Å². The molecular weight excluding hydrogens is 322 g/mol. The van der Waals surface area contributed by atoms with Crippen molar-refractivity contribution >= 4 is 0 Å². The van der Waals surface area contributed by atoms with E-state index in [1.54, 1.807) is 7.11 Å². The van der Waals surface area contributed by atoms with Gasteiger partial charge in [-0.1, -0.05) is 42.8 Å². The van der Waals surface area contributed by atoms with Gasteiger partial charge in [-0.3, -0.25) is 4.90 Å². The molecule has 2 saturated heterocycles. The van der Waals surface area contributed by atoms with Gasteiger partial charge >= 0.3 is 0 Å². The fourth-order valence-electron chi connectivity index (χ4n) is 4.94. The largest absolute Gasteiger partial charge is 0.497 e. The van der Waals surface area contributed by atoms with Crippen molar-refractivity contribution in [1.82, 2.24) is 4.90 Å². The van der Waals surface area contributed by atoms with Crippen molar-refractivity contribution in [2.45, 2.75) is 63.3 Å². The van der Waals surface area contributed by atoms with Gasteiger partial charge in [0.2, 0.25) is 0 Å². The summed E-state index contributed by atoms with van der Waals surface area (Å²) in [6.45, 7) is 3.06. The number of piperidine rings is 2. The molecule has 0 saturated carbocycles. The third-order valence-electron chi connectivity index (χ3n) is 6.19. The molecule has 3 nitrogen and oxygen atoms in total. The number of benzene rings is 2. The second-order valence-corrected chi connectivity index (χ2v) is 8.08. The van der Waals surface area contributed by atoms with Crippen molar-refractivity contribution in [3.05, 3.63) is 65.2 Å². The Kier molecular flexibility index (Phi) is 4.76. The van der Waals surface area contributed by atoms with Gasteiger partial charge in [0.15, 0.2) is 0 Å². The first kappa shape index (κ1) is 17.6. The second-order valence-electron chi connectivity index (χ2n) is 8.08. The van der Waals surface area contributed by atoms with E-state index in [-0.39, 0.29) is 0 Å². The predicted molar refractivity (Wildman–Crippen MR) is 104 cm³/mol. The first-order chi connectivity index (χ1) is 12.6. The average Bonchev–Trinajstić information content (AvgIpc) is 2.63. The quantitative estimate of drug-likeness (QED) is 0.886. The molecule has 0 amide bonds. The summed E-state index contributed by atoms with van der Waals surface area (Å²) < 4.78 is 5.44. The lowest BCUT2D eigenvalue weighted by atomic mass is 9.72. The van der Waals surface area contributed by atoms with Crippen LogP contribution in [0, 0.1) is 6.92 Å². The van der Waals surface area contributed by atoms with Gasteiger partial charge in [-0.2, -0.15) is 0 Å². The Morgan fingerprint density at radius 2 is 1.77 bits per heavy atom. The van der Waals surface area contributed by atoms with Gasteiger partial charge in [0.1, 0.15) is 5.75 Å². The molecule has 3 heteroatoms. The molecule has 2 bridgehead atoms. The van der Waals surface area contributed by atoms with Crippen LogP contribution in [0.15, 0.2) is 48.5 Å². The van der Waals surface area contributed by atoms with E-state index < -0.39 is 5.60 Å². The van der Waals surface area contributed by atoms with Crippen LogP contribution < -0.4 is 4.74 Å². The lowest BCUT2D eigenvalue weighted by Crippen LogP contribution is -2.56. The standard InChI is InChI=1S/C23H29NO2/c1-17-11-19(13-22(12-17)26-2)23(25)14-20-9-6-10-21(15-23)24(20)16-18-7-4-3-5-8-18/h3-5,7-8,11-13,20-21,25H,6,9-10,14-16H2,1-2H3. The van der Waals surface area contributed by atoms with Crippen LogP contribution in [0.3, 0.4) is 0 Å². The maximum Gasteiger partial charge on any atom is 0.119 e. The van der Waals surface area contributed by atoms with Crippen molar-refractivity contribution in [3.8, 4) is 5.75 Å². The first-order valence-electron chi connectivity index (χ1n) is 9.75. The number of aryl methyl sites for hydroxylation is 1. The molecule has 2 heterocycles. The van der Waals surface area contributed by atoms with Gasteiger partial charge in [-0.15, -0.1) is 0 Å². The molecule has 2 aliphatic rings. The molecule has 138 valence electrons. The number of hydrogen-bond acceptors (Lipinski definition) is 3. The lowest BCUT2D eigenvalue weighted by Gasteiger charge is -2.52. The van der Waals surface area contributed by atoms with Crippen LogP contribution in [0.4, 0.5) is 0 Å². The summed E-state index contributed by atoms with van der Waals surface area (Å²) >= 11 is 0. The Morgan fingerprint density at radius 1 is 1.08 bits per heavy atom. The SMILES string of the molecule is COc1cc(C)cc(C2(O)CC3CCCC(C2)N3Cc2ccccc2)c1. The highest BCUT2D eigenvalue weighted by Gasteiger charge is 2.46.